The van der Waals surface area contributed by atoms with Gasteiger partial charge in [0, 0.05) is 12.6 Å². The number of hydrogen-bond donors (Lipinski definition) is 1. The second kappa shape index (κ2) is 9.56. The van der Waals surface area contributed by atoms with Gasteiger partial charge in [-0.3, -0.25) is 14.2 Å². The summed E-state index contributed by atoms with van der Waals surface area (Å²) in [6.45, 7) is 2.25. The van der Waals surface area contributed by atoms with Gasteiger partial charge in [0.2, 0.25) is 5.91 Å². The molecule has 0 bridgehead atoms. The van der Waals surface area contributed by atoms with Gasteiger partial charge in [-0.15, -0.1) is 0 Å². The molecule has 7 nitrogen and oxygen atoms in total. The summed E-state index contributed by atoms with van der Waals surface area (Å²) < 4.78 is 6.41. The van der Waals surface area contributed by atoms with E-state index in [1.54, 1.807) is 22.8 Å². The van der Waals surface area contributed by atoms with E-state index in [0.717, 1.165) is 18.4 Å². The lowest BCUT2D eigenvalue weighted by molar-refractivity contribution is -0.120. The van der Waals surface area contributed by atoms with Gasteiger partial charge in [-0.1, -0.05) is 42.1 Å². The molecule has 1 N–H and O–H groups in total. The number of aromatic nitrogens is 2. The van der Waals surface area contributed by atoms with Crippen molar-refractivity contribution >= 4 is 34.5 Å². The molecule has 8 heteroatoms. The molecule has 32 heavy (non-hydrogen) atoms. The SMILES string of the molecule is COC(=O)c1ccc2c(=O)n(CCc3ccccc3)c(SC(C)C(=O)NC3CC3)nc2c1. The molecule has 1 heterocycles. The van der Waals surface area contributed by atoms with Gasteiger partial charge < -0.3 is 10.1 Å². The largest absolute Gasteiger partial charge is 0.465 e. The lowest BCUT2D eigenvalue weighted by Gasteiger charge is -2.16. The van der Waals surface area contributed by atoms with E-state index in [0.29, 0.717) is 34.6 Å². The van der Waals surface area contributed by atoms with E-state index in [1.807, 2.05) is 37.3 Å². The van der Waals surface area contributed by atoms with Crippen LogP contribution in [-0.2, 0) is 22.5 Å². The molecule has 0 spiro atoms. The monoisotopic (exact) mass is 451 g/mol. The van der Waals surface area contributed by atoms with Crippen molar-refractivity contribution in [3.8, 4) is 0 Å². The van der Waals surface area contributed by atoms with Crippen molar-refractivity contribution in [3.05, 3.63) is 70.0 Å². The predicted octanol–water partition coefficient (Wildman–Crippen LogP) is 3.19. The Bertz CT molecular complexity index is 1210. The van der Waals surface area contributed by atoms with Crippen LogP contribution in [0.15, 0.2) is 58.5 Å². The second-order valence-electron chi connectivity index (χ2n) is 7.85. The number of fused-ring (bicyclic) bond motifs is 1. The maximum absolute atomic E-state index is 13.4. The zero-order valence-corrected chi connectivity index (χ0v) is 18.9. The summed E-state index contributed by atoms with van der Waals surface area (Å²) in [7, 11) is 1.31. The summed E-state index contributed by atoms with van der Waals surface area (Å²) in [5, 5.41) is 3.47. The average molecular weight is 452 g/mol. The standard InChI is InChI=1S/C24H25N3O4S/c1-15(21(28)25-18-9-10-18)32-24-26-20-14-17(23(30)31-2)8-11-19(20)22(29)27(24)13-12-16-6-4-3-5-7-16/h3-8,11,14-15,18H,9-10,12-13H2,1-2H3,(H,25,28). The molecule has 1 amide bonds. The first-order chi connectivity index (χ1) is 15.5. The summed E-state index contributed by atoms with van der Waals surface area (Å²) in [4.78, 5) is 42.5. The Morgan fingerprint density at radius 2 is 1.97 bits per heavy atom. The third-order valence-corrected chi connectivity index (χ3v) is 6.47. The van der Waals surface area contributed by atoms with Gasteiger partial charge in [-0.2, -0.15) is 0 Å². The summed E-state index contributed by atoms with van der Waals surface area (Å²) in [6, 6.07) is 14.9. The van der Waals surface area contributed by atoms with E-state index >= 15 is 0 Å². The van der Waals surface area contributed by atoms with Crippen molar-refractivity contribution in [2.75, 3.05) is 7.11 Å². The van der Waals surface area contributed by atoms with E-state index in [4.69, 9.17) is 4.74 Å². The lowest BCUT2D eigenvalue weighted by atomic mass is 10.1. The molecule has 1 aliphatic rings. The molecule has 1 unspecified atom stereocenters. The van der Waals surface area contributed by atoms with Crippen LogP contribution in [-0.4, -0.2) is 39.8 Å². The Balaban J connectivity index is 1.70. The molecule has 1 fully saturated rings. The van der Waals surface area contributed by atoms with Crippen molar-refractivity contribution in [3.63, 3.8) is 0 Å². The Morgan fingerprint density at radius 3 is 2.66 bits per heavy atom. The van der Waals surface area contributed by atoms with Crippen LogP contribution in [0.3, 0.4) is 0 Å². The molecule has 1 atom stereocenters. The minimum absolute atomic E-state index is 0.0650. The smallest absolute Gasteiger partial charge is 0.337 e. The molecule has 2 aromatic carbocycles. The van der Waals surface area contributed by atoms with Crippen molar-refractivity contribution in [2.24, 2.45) is 0 Å². The fourth-order valence-electron chi connectivity index (χ4n) is 3.38. The van der Waals surface area contributed by atoms with Crippen LogP contribution < -0.4 is 10.9 Å². The number of ether oxygens (including phenoxy) is 1. The van der Waals surface area contributed by atoms with Gasteiger partial charge >= 0.3 is 5.97 Å². The molecule has 0 saturated heterocycles. The molecular formula is C24H25N3O4S. The summed E-state index contributed by atoms with van der Waals surface area (Å²) >= 11 is 1.26. The first-order valence-corrected chi connectivity index (χ1v) is 11.5. The minimum Gasteiger partial charge on any atom is -0.465 e. The molecule has 1 saturated carbocycles. The van der Waals surface area contributed by atoms with Crippen molar-refractivity contribution in [1.82, 2.24) is 14.9 Å². The zero-order valence-electron chi connectivity index (χ0n) is 18.0. The van der Waals surface area contributed by atoms with Gasteiger partial charge in [-0.05, 0) is 49.9 Å². The number of methoxy groups -OCH3 is 1. The highest BCUT2D eigenvalue weighted by Crippen LogP contribution is 2.25. The van der Waals surface area contributed by atoms with Crippen molar-refractivity contribution in [1.29, 1.82) is 0 Å². The van der Waals surface area contributed by atoms with Crippen molar-refractivity contribution in [2.45, 2.75) is 49.2 Å². The number of amides is 1. The van der Waals surface area contributed by atoms with Crippen LogP contribution in [0.25, 0.3) is 10.9 Å². The van der Waals surface area contributed by atoms with E-state index in [-0.39, 0.29) is 17.5 Å². The van der Waals surface area contributed by atoms with Crippen LogP contribution in [0.5, 0.6) is 0 Å². The average Bonchev–Trinajstić information content (AvgIpc) is 3.62. The highest BCUT2D eigenvalue weighted by atomic mass is 32.2. The first kappa shape index (κ1) is 22.1. The van der Waals surface area contributed by atoms with Gasteiger partial charge in [0.25, 0.3) is 5.56 Å². The van der Waals surface area contributed by atoms with Crippen LogP contribution in [0.1, 0.15) is 35.7 Å². The second-order valence-corrected chi connectivity index (χ2v) is 9.16. The quantitative estimate of drug-likeness (QED) is 0.321. The summed E-state index contributed by atoms with van der Waals surface area (Å²) in [6.07, 6.45) is 2.68. The van der Waals surface area contributed by atoms with Gasteiger partial charge in [0.15, 0.2) is 5.16 Å². The molecule has 1 aliphatic carbocycles. The molecule has 0 radical (unpaired) electrons. The molecule has 4 rings (SSSR count). The highest BCUT2D eigenvalue weighted by molar-refractivity contribution is 8.00. The number of benzene rings is 2. The maximum Gasteiger partial charge on any atom is 0.337 e. The first-order valence-electron chi connectivity index (χ1n) is 10.6. The fourth-order valence-corrected chi connectivity index (χ4v) is 4.32. The van der Waals surface area contributed by atoms with Crippen LogP contribution in [0, 0.1) is 0 Å². The summed E-state index contributed by atoms with van der Waals surface area (Å²) in [5.74, 6) is -0.557. The number of carbonyl (C=O) groups is 2. The Hall–Kier alpha value is -3.13. The van der Waals surface area contributed by atoms with Crippen LogP contribution in [0.4, 0.5) is 0 Å². The van der Waals surface area contributed by atoms with Gasteiger partial charge in [0.1, 0.15) is 0 Å². The van der Waals surface area contributed by atoms with E-state index < -0.39 is 11.2 Å². The molecule has 1 aromatic heterocycles. The van der Waals surface area contributed by atoms with E-state index in [9.17, 15) is 14.4 Å². The zero-order chi connectivity index (χ0) is 22.7. The molecule has 3 aromatic rings. The number of nitrogens with one attached hydrogen (secondary N) is 1. The Labute approximate surface area is 190 Å². The number of carbonyl (C=O) groups excluding carboxylic acids is 2. The maximum atomic E-state index is 13.4. The van der Waals surface area contributed by atoms with E-state index in [2.05, 4.69) is 10.3 Å². The lowest BCUT2D eigenvalue weighted by Crippen LogP contribution is -2.33. The number of hydrogen-bond acceptors (Lipinski definition) is 6. The summed E-state index contributed by atoms with van der Waals surface area (Å²) in [5.41, 5.74) is 1.64. The molecule has 0 aliphatic heterocycles. The third-order valence-electron chi connectivity index (χ3n) is 5.38. The Kier molecular flexibility index (Phi) is 6.60. The number of nitrogens with zero attached hydrogens (tertiary/aromatic N) is 2. The number of rotatable bonds is 8. The van der Waals surface area contributed by atoms with Gasteiger partial charge in [0.05, 0.1) is 28.8 Å². The minimum atomic E-state index is -0.492. The molecular weight excluding hydrogens is 426 g/mol. The third kappa shape index (κ3) is 5.02. The van der Waals surface area contributed by atoms with Crippen LogP contribution >= 0.6 is 11.8 Å². The highest BCUT2D eigenvalue weighted by Gasteiger charge is 2.27. The number of esters is 1. The van der Waals surface area contributed by atoms with Crippen molar-refractivity contribution < 1.29 is 14.3 Å². The molecule has 166 valence electrons. The van der Waals surface area contributed by atoms with Gasteiger partial charge in [-0.25, -0.2) is 9.78 Å². The number of aryl methyl sites for hydroxylation is 1. The predicted molar refractivity (Wildman–Crippen MR) is 124 cm³/mol. The Morgan fingerprint density at radius 1 is 1.22 bits per heavy atom. The van der Waals surface area contributed by atoms with Crippen LogP contribution in [0.2, 0.25) is 0 Å². The topological polar surface area (TPSA) is 90.3 Å². The number of thioether (sulfide) groups is 1. The van der Waals surface area contributed by atoms with E-state index in [1.165, 1.54) is 18.9 Å². The fraction of sp³-hybridized carbons (Fsp3) is 0.333. The normalized spacial score (nSPS) is 14.2.